The molecule has 0 aliphatic carbocycles. The van der Waals surface area contributed by atoms with E-state index in [0.29, 0.717) is 12.0 Å². The lowest BCUT2D eigenvalue weighted by Crippen LogP contribution is -2.46. The Bertz CT molecular complexity index is 178. The minimum absolute atomic E-state index is 0.410. The molecule has 1 fully saturated rings. The zero-order chi connectivity index (χ0) is 11.8. The minimum atomic E-state index is 0.410. The van der Waals surface area contributed by atoms with Crippen LogP contribution in [0.4, 0.5) is 0 Å². The highest BCUT2D eigenvalue weighted by Crippen LogP contribution is 2.18. The maximum atomic E-state index is 5.50. The lowest BCUT2D eigenvalue weighted by molar-refractivity contribution is -0.00448. The van der Waals surface area contributed by atoms with Crippen molar-refractivity contribution in [3.05, 3.63) is 0 Å². The van der Waals surface area contributed by atoms with Crippen LogP contribution in [-0.4, -0.2) is 64.6 Å². The molecule has 1 saturated heterocycles. The summed E-state index contributed by atoms with van der Waals surface area (Å²) >= 11 is 0. The van der Waals surface area contributed by atoms with E-state index >= 15 is 0 Å². The van der Waals surface area contributed by atoms with Gasteiger partial charge in [-0.15, -0.1) is 0 Å². The molecule has 0 bridgehead atoms. The monoisotopic (exact) mass is 230 g/mol. The van der Waals surface area contributed by atoms with Crippen LogP contribution < -0.4 is 5.32 Å². The summed E-state index contributed by atoms with van der Waals surface area (Å²) in [6.45, 7) is 8.43. The summed E-state index contributed by atoms with van der Waals surface area (Å²) in [5.41, 5.74) is 0. The second-order valence-corrected chi connectivity index (χ2v) is 4.58. The van der Waals surface area contributed by atoms with Crippen molar-refractivity contribution in [2.24, 2.45) is 5.92 Å². The molecule has 2 atom stereocenters. The maximum absolute atomic E-state index is 5.50. The van der Waals surface area contributed by atoms with Crippen molar-refractivity contribution in [1.29, 1.82) is 0 Å². The summed E-state index contributed by atoms with van der Waals surface area (Å²) in [5.74, 6) is 0.697. The van der Waals surface area contributed by atoms with Gasteiger partial charge in [0.05, 0.1) is 12.7 Å². The van der Waals surface area contributed by atoms with Crippen LogP contribution in [0.1, 0.15) is 13.3 Å². The van der Waals surface area contributed by atoms with Crippen LogP contribution >= 0.6 is 0 Å². The van der Waals surface area contributed by atoms with Crippen molar-refractivity contribution < 1.29 is 9.47 Å². The molecular weight excluding hydrogens is 204 g/mol. The molecule has 0 radical (unpaired) electrons. The molecule has 4 heteroatoms. The number of rotatable bonds is 7. The zero-order valence-corrected chi connectivity index (χ0v) is 10.9. The molecule has 2 unspecified atom stereocenters. The predicted octanol–water partition coefficient (Wildman–Crippen LogP) is 0.579. The zero-order valence-electron chi connectivity index (χ0n) is 10.9. The molecule has 0 amide bonds. The van der Waals surface area contributed by atoms with Crippen LogP contribution in [-0.2, 0) is 9.47 Å². The van der Waals surface area contributed by atoms with E-state index in [4.69, 9.17) is 9.47 Å². The Morgan fingerprint density at radius 2 is 2.12 bits per heavy atom. The van der Waals surface area contributed by atoms with Gasteiger partial charge in [-0.3, -0.25) is 4.90 Å². The fourth-order valence-electron chi connectivity index (χ4n) is 2.14. The Morgan fingerprint density at radius 1 is 1.31 bits per heavy atom. The van der Waals surface area contributed by atoms with Gasteiger partial charge in [0.25, 0.3) is 0 Å². The molecule has 96 valence electrons. The highest BCUT2D eigenvalue weighted by Gasteiger charge is 2.25. The highest BCUT2D eigenvalue weighted by molar-refractivity contribution is 4.78. The molecule has 1 aliphatic rings. The Kier molecular flexibility index (Phi) is 6.96. The summed E-state index contributed by atoms with van der Waals surface area (Å²) in [7, 11) is 3.55. The first-order valence-electron chi connectivity index (χ1n) is 6.22. The highest BCUT2D eigenvalue weighted by atomic mass is 16.5. The van der Waals surface area contributed by atoms with Crippen molar-refractivity contribution in [2.45, 2.75) is 19.4 Å². The van der Waals surface area contributed by atoms with E-state index in [1.165, 1.54) is 13.0 Å². The number of ether oxygens (including phenoxy) is 2. The number of nitrogens with zero attached hydrogens (tertiary/aromatic N) is 1. The van der Waals surface area contributed by atoms with Crippen LogP contribution in [0.5, 0.6) is 0 Å². The third kappa shape index (κ3) is 4.78. The van der Waals surface area contributed by atoms with Gasteiger partial charge in [0.1, 0.15) is 0 Å². The van der Waals surface area contributed by atoms with Gasteiger partial charge < -0.3 is 14.8 Å². The van der Waals surface area contributed by atoms with E-state index in [1.807, 2.05) is 7.11 Å². The lowest BCUT2D eigenvalue weighted by Gasteiger charge is -2.36. The van der Waals surface area contributed by atoms with Crippen LogP contribution in [0, 0.1) is 5.92 Å². The molecule has 0 aromatic heterocycles. The van der Waals surface area contributed by atoms with E-state index in [1.54, 1.807) is 7.11 Å². The minimum Gasteiger partial charge on any atom is -0.383 e. The Hall–Kier alpha value is -0.160. The summed E-state index contributed by atoms with van der Waals surface area (Å²) in [5, 5.41) is 3.37. The molecule has 1 heterocycles. The van der Waals surface area contributed by atoms with Gasteiger partial charge in [0.15, 0.2) is 0 Å². The van der Waals surface area contributed by atoms with Crippen molar-refractivity contribution in [3.8, 4) is 0 Å². The average Bonchev–Trinajstić information content (AvgIpc) is 2.31. The number of methoxy groups -OCH3 is 2. The van der Waals surface area contributed by atoms with Gasteiger partial charge in [-0.25, -0.2) is 0 Å². The van der Waals surface area contributed by atoms with Gasteiger partial charge >= 0.3 is 0 Å². The predicted molar refractivity (Wildman–Crippen MR) is 65.8 cm³/mol. The van der Waals surface area contributed by atoms with Crippen molar-refractivity contribution in [3.63, 3.8) is 0 Å². The Morgan fingerprint density at radius 3 is 2.81 bits per heavy atom. The molecular formula is C12H26N2O2. The second-order valence-electron chi connectivity index (χ2n) is 4.58. The van der Waals surface area contributed by atoms with Crippen molar-refractivity contribution in [1.82, 2.24) is 10.2 Å². The van der Waals surface area contributed by atoms with Crippen molar-refractivity contribution >= 4 is 0 Å². The number of hydrogen-bond acceptors (Lipinski definition) is 4. The molecule has 1 N–H and O–H groups in total. The fourth-order valence-corrected chi connectivity index (χ4v) is 2.14. The first-order chi connectivity index (χ1) is 7.77. The van der Waals surface area contributed by atoms with Crippen LogP contribution in [0.2, 0.25) is 0 Å². The summed E-state index contributed by atoms with van der Waals surface area (Å²) in [6.07, 6.45) is 1.66. The number of piperidine rings is 1. The molecule has 1 aliphatic heterocycles. The maximum Gasteiger partial charge on any atom is 0.0724 e. The quantitative estimate of drug-likeness (QED) is 0.649. The van der Waals surface area contributed by atoms with Crippen LogP contribution in [0.25, 0.3) is 0 Å². The summed E-state index contributed by atoms with van der Waals surface area (Å²) in [4.78, 5) is 2.48. The van der Waals surface area contributed by atoms with E-state index in [0.717, 1.165) is 32.8 Å². The molecule has 4 nitrogen and oxygen atoms in total. The van der Waals surface area contributed by atoms with E-state index in [2.05, 4.69) is 17.1 Å². The van der Waals surface area contributed by atoms with Gasteiger partial charge in [-0.2, -0.15) is 0 Å². The standard InChI is InChI=1S/C12H26N2O2/c1-11-4-7-14(10-12(11)16-3)8-5-13-6-9-15-2/h11-13H,4-10H2,1-3H3. The van der Waals surface area contributed by atoms with Gasteiger partial charge in [0.2, 0.25) is 0 Å². The first kappa shape index (κ1) is 13.9. The molecule has 0 aromatic carbocycles. The third-order valence-corrected chi connectivity index (χ3v) is 3.36. The van der Waals surface area contributed by atoms with E-state index in [-0.39, 0.29) is 0 Å². The first-order valence-corrected chi connectivity index (χ1v) is 6.22. The van der Waals surface area contributed by atoms with Gasteiger partial charge in [-0.1, -0.05) is 6.92 Å². The van der Waals surface area contributed by atoms with Gasteiger partial charge in [0, 0.05) is 40.4 Å². The SMILES string of the molecule is COCCNCCN1CCC(C)C(OC)C1. The number of hydrogen-bond donors (Lipinski definition) is 1. The number of nitrogens with one attached hydrogen (secondary N) is 1. The molecule has 16 heavy (non-hydrogen) atoms. The molecule has 0 aromatic rings. The molecule has 1 rings (SSSR count). The topological polar surface area (TPSA) is 33.7 Å². The fraction of sp³-hybridized carbons (Fsp3) is 1.00. The molecule has 0 saturated carbocycles. The van der Waals surface area contributed by atoms with Crippen LogP contribution in [0.3, 0.4) is 0 Å². The molecule has 0 spiro atoms. The number of likely N-dealkylation sites (tertiary alicyclic amines) is 1. The van der Waals surface area contributed by atoms with E-state index in [9.17, 15) is 0 Å². The van der Waals surface area contributed by atoms with Gasteiger partial charge in [-0.05, 0) is 18.9 Å². The average molecular weight is 230 g/mol. The lowest BCUT2D eigenvalue weighted by atomic mass is 9.96. The summed E-state index contributed by atoms with van der Waals surface area (Å²) < 4.78 is 10.5. The van der Waals surface area contributed by atoms with Crippen LogP contribution in [0.15, 0.2) is 0 Å². The smallest absolute Gasteiger partial charge is 0.0724 e. The second kappa shape index (κ2) is 8.01. The van der Waals surface area contributed by atoms with E-state index < -0.39 is 0 Å². The third-order valence-electron chi connectivity index (χ3n) is 3.36. The largest absolute Gasteiger partial charge is 0.383 e. The normalized spacial score (nSPS) is 27.2. The Balaban J connectivity index is 2.08. The van der Waals surface area contributed by atoms with Crippen molar-refractivity contribution in [2.75, 3.05) is 53.6 Å². The summed E-state index contributed by atoms with van der Waals surface area (Å²) in [6, 6.07) is 0. The Labute approximate surface area is 99.3 Å².